The van der Waals surface area contributed by atoms with Crippen LogP contribution in [0, 0.1) is 17.1 Å². The van der Waals surface area contributed by atoms with Crippen molar-refractivity contribution in [1.29, 1.82) is 5.26 Å². The Labute approximate surface area is 111 Å². The molecule has 5 nitrogen and oxygen atoms in total. The zero-order valence-corrected chi connectivity index (χ0v) is 10.9. The third kappa shape index (κ3) is 3.13. The van der Waals surface area contributed by atoms with Crippen LogP contribution in [0.1, 0.15) is 30.6 Å². The lowest BCUT2D eigenvalue weighted by atomic mass is 10.1. The Balaban J connectivity index is 3.34. The van der Waals surface area contributed by atoms with Crippen LogP contribution in [0.25, 0.3) is 0 Å². The highest BCUT2D eigenvalue weighted by Gasteiger charge is 2.22. The van der Waals surface area contributed by atoms with Crippen LogP contribution in [0.15, 0.2) is 12.1 Å². The largest absolute Gasteiger partial charge is 0.478 e. The maximum atomic E-state index is 13.4. The zero-order chi connectivity index (χ0) is 14.6. The van der Waals surface area contributed by atoms with Gasteiger partial charge in [-0.15, -0.1) is 0 Å². The number of nitrogens with zero attached hydrogens (tertiary/aromatic N) is 2. The molecule has 0 aliphatic rings. The predicted molar refractivity (Wildman–Crippen MR) is 70.5 cm³/mol. The van der Waals surface area contributed by atoms with Crippen LogP contribution < -0.4 is 10.6 Å². The Morgan fingerprint density at radius 3 is 2.68 bits per heavy atom. The van der Waals surface area contributed by atoms with Gasteiger partial charge in [0.25, 0.3) is 0 Å². The number of anilines is 2. The molecule has 19 heavy (non-hydrogen) atoms. The number of hydrogen-bond donors (Lipinski definition) is 2. The van der Waals surface area contributed by atoms with Gasteiger partial charge >= 0.3 is 5.97 Å². The summed E-state index contributed by atoms with van der Waals surface area (Å²) in [5.41, 5.74) is 5.19. The van der Waals surface area contributed by atoms with Crippen molar-refractivity contribution in [3.8, 4) is 6.07 Å². The number of carboxylic acid groups (broad SMARTS) is 1. The van der Waals surface area contributed by atoms with Crippen LogP contribution in [0.2, 0.25) is 0 Å². The number of hydrogen-bond acceptors (Lipinski definition) is 4. The molecule has 0 saturated heterocycles. The minimum Gasteiger partial charge on any atom is -0.478 e. The molecular formula is C13H16FN3O2. The van der Waals surface area contributed by atoms with Crippen molar-refractivity contribution in [2.24, 2.45) is 0 Å². The van der Waals surface area contributed by atoms with E-state index in [1.165, 1.54) is 6.07 Å². The molecule has 0 spiro atoms. The van der Waals surface area contributed by atoms with E-state index in [1.807, 2.05) is 19.9 Å². The second-order valence-electron chi connectivity index (χ2n) is 4.36. The summed E-state index contributed by atoms with van der Waals surface area (Å²) in [6, 6.07) is 4.49. The number of rotatable bonds is 5. The van der Waals surface area contributed by atoms with E-state index >= 15 is 0 Å². The molecule has 0 aliphatic carbocycles. The first kappa shape index (κ1) is 14.8. The van der Waals surface area contributed by atoms with Gasteiger partial charge in [0.2, 0.25) is 0 Å². The van der Waals surface area contributed by atoms with Crippen molar-refractivity contribution >= 4 is 17.3 Å². The van der Waals surface area contributed by atoms with Crippen molar-refractivity contribution in [2.45, 2.75) is 26.3 Å². The fourth-order valence-electron chi connectivity index (χ4n) is 1.87. The van der Waals surface area contributed by atoms with Crippen LogP contribution in [-0.4, -0.2) is 23.7 Å². The number of nitriles is 1. The first-order chi connectivity index (χ1) is 8.90. The van der Waals surface area contributed by atoms with Crippen molar-refractivity contribution in [2.75, 3.05) is 17.2 Å². The van der Waals surface area contributed by atoms with Gasteiger partial charge in [-0.25, -0.2) is 9.18 Å². The molecule has 102 valence electrons. The minimum atomic E-state index is -1.28. The van der Waals surface area contributed by atoms with E-state index in [-0.39, 0.29) is 23.7 Å². The lowest BCUT2D eigenvalue weighted by Gasteiger charge is -2.29. The van der Waals surface area contributed by atoms with E-state index < -0.39 is 11.8 Å². The zero-order valence-electron chi connectivity index (χ0n) is 10.9. The summed E-state index contributed by atoms with van der Waals surface area (Å²) in [7, 11) is 0. The van der Waals surface area contributed by atoms with Crippen LogP contribution >= 0.6 is 0 Å². The molecule has 0 bridgehead atoms. The van der Waals surface area contributed by atoms with Gasteiger partial charge in [0.15, 0.2) is 0 Å². The smallest absolute Gasteiger partial charge is 0.340 e. The van der Waals surface area contributed by atoms with Gasteiger partial charge in [-0.1, -0.05) is 0 Å². The van der Waals surface area contributed by atoms with Gasteiger partial charge in [0, 0.05) is 12.6 Å². The van der Waals surface area contributed by atoms with E-state index in [0.717, 1.165) is 6.07 Å². The van der Waals surface area contributed by atoms with E-state index in [4.69, 9.17) is 11.0 Å². The van der Waals surface area contributed by atoms with Gasteiger partial charge in [0.1, 0.15) is 11.4 Å². The normalized spacial score (nSPS) is 10.3. The molecule has 0 unspecified atom stereocenters. The molecule has 0 atom stereocenters. The Morgan fingerprint density at radius 2 is 2.21 bits per heavy atom. The van der Waals surface area contributed by atoms with Crippen LogP contribution in [0.5, 0.6) is 0 Å². The molecule has 1 aromatic carbocycles. The first-order valence-electron chi connectivity index (χ1n) is 5.85. The van der Waals surface area contributed by atoms with Gasteiger partial charge in [-0.2, -0.15) is 5.26 Å². The fourth-order valence-corrected chi connectivity index (χ4v) is 1.87. The van der Waals surface area contributed by atoms with E-state index in [0.29, 0.717) is 12.2 Å². The van der Waals surface area contributed by atoms with E-state index in [2.05, 4.69) is 0 Å². The Hall–Kier alpha value is -2.29. The number of aromatic carboxylic acids is 1. The van der Waals surface area contributed by atoms with E-state index in [1.54, 1.807) is 4.90 Å². The van der Waals surface area contributed by atoms with Crippen molar-refractivity contribution in [3.05, 3.63) is 23.5 Å². The average molecular weight is 265 g/mol. The molecule has 0 saturated carbocycles. The number of carbonyl (C=O) groups is 1. The molecule has 6 heteroatoms. The van der Waals surface area contributed by atoms with Crippen molar-refractivity contribution < 1.29 is 14.3 Å². The number of benzene rings is 1. The van der Waals surface area contributed by atoms with E-state index in [9.17, 15) is 14.3 Å². The van der Waals surface area contributed by atoms with Crippen molar-refractivity contribution in [1.82, 2.24) is 0 Å². The summed E-state index contributed by atoms with van der Waals surface area (Å²) in [6.45, 7) is 4.09. The highest BCUT2D eigenvalue weighted by molar-refractivity contribution is 6.00. The maximum absolute atomic E-state index is 13.4. The molecule has 0 aliphatic heterocycles. The van der Waals surface area contributed by atoms with Crippen LogP contribution in [-0.2, 0) is 0 Å². The average Bonchev–Trinajstić information content (AvgIpc) is 2.33. The van der Waals surface area contributed by atoms with Gasteiger partial charge in [-0.3, -0.25) is 0 Å². The molecule has 3 N–H and O–H groups in total. The maximum Gasteiger partial charge on any atom is 0.340 e. The summed E-state index contributed by atoms with van der Waals surface area (Å²) < 4.78 is 13.4. The topological polar surface area (TPSA) is 90.4 Å². The van der Waals surface area contributed by atoms with Crippen molar-refractivity contribution in [3.63, 3.8) is 0 Å². The number of nitrogen functional groups attached to an aromatic ring is 1. The highest BCUT2D eigenvalue weighted by atomic mass is 19.1. The summed E-state index contributed by atoms with van der Waals surface area (Å²) in [6.07, 6.45) is 0.245. The molecular weight excluding hydrogens is 249 g/mol. The van der Waals surface area contributed by atoms with Crippen LogP contribution in [0.3, 0.4) is 0 Å². The SMILES string of the molecule is CC(C)N(CCC#N)c1ccc(F)c(N)c1C(=O)O. The molecule has 0 radical (unpaired) electrons. The lowest BCUT2D eigenvalue weighted by molar-refractivity contribution is 0.0698. The highest BCUT2D eigenvalue weighted by Crippen LogP contribution is 2.29. The monoisotopic (exact) mass is 265 g/mol. The fraction of sp³-hybridized carbons (Fsp3) is 0.385. The third-order valence-corrected chi connectivity index (χ3v) is 2.78. The Bertz CT molecular complexity index is 523. The Morgan fingerprint density at radius 1 is 1.58 bits per heavy atom. The Kier molecular flexibility index (Phi) is 4.70. The number of nitrogens with two attached hydrogens (primary N) is 1. The molecule has 1 aromatic rings. The first-order valence-corrected chi connectivity index (χ1v) is 5.85. The summed E-state index contributed by atoms with van der Waals surface area (Å²) in [5, 5.41) is 17.8. The third-order valence-electron chi connectivity index (χ3n) is 2.78. The molecule has 0 heterocycles. The standard InChI is InChI=1S/C13H16FN3O2/c1-8(2)17(7-3-6-15)10-5-4-9(14)12(16)11(10)13(18)19/h4-5,8H,3,7,16H2,1-2H3,(H,18,19). The molecule has 0 amide bonds. The number of carboxylic acids is 1. The lowest BCUT2D eigenvalue weighted by Crippen LogP contribution is -2.33. The molecule has 0 fully saturated rings. The quantitative estimate of drug-likeness (QED) is 0.797. The van der Waals surface area contributed by atoms with Gasteiger partial charge < -0.3 is 15.7 Å². The predicted octanol–water partition coefficient (Wildman–Crippen LogP) is 2.23. The minimum absolute atomic E-state index is 0.0312. The second-order valence-corrected chi connectivity index (χ2v) is 4.36. The molecule has 0 aromatic heterocycles. The van der Waals surface area contributed by atoms with Gasteiger partial charge in [-0.05, 0) is 26.0 Å². The van der Waals surface area contributed by atoms with Gasteiger partial charge in [0.05, 0.1) is 23.9 Å². The summed E-state index contributed by atoms with van der Waals surface area (Å²) >= 11 is 0. The summed E-state index contributed by atoms with van der Waals surface area (Å²) in [4.78, 5) is 13.0. The summed E-state index contributed by atoms with van der Waals surface area (Å²) in [5.74, 6) is -2.04. The molecule has 1 rings (SSSR count). The van der Waals surface area contributed by atoms with Crippen LogP contribution in [0.4, 0.5) is 15.8 Å². The second kappa shape index (κ2) is 6.05. The number of halogens is 1.